The second-order valence-corrected chi connectivity index (χ2v) is 8.10. The van der Waals surface area contributed by atoms with Crippen molar-refractivity contribution in [3.8, 4) is 28.3 Å². The first-order valence-corrected chi connectivity index (χ1v) is 10.8. The first kappa shape index (κ1) is 21.0. The SMILES string of the molecule is COc1cc(-n2cccn2)ccc1-c1c(C)nn2c(COc3ccc(Cl)cc3)cc(C)nc12. The molecule has 0 N–H and O–H groups in total. The molecule has 33 heavy (non-hydrogen) atoms. The number of benzene rings is 2. The van der Waals surface area contributed by atoms with Gasteiger partial charge in [-0.3, -0.25) is 0 Å². The molecule has 0 atom stereocenters. The van der Waals surface area contributed by atoms with E-state index in [9.17, 15) is 0 Å². The van der Waals surface area contributed by atoms with Gasteiger partial charge in [0.2, 0.25) is 0 Å². The molecule has 0 radical (unpaired) electrons. The number of methoxy groups -OCH3 is 1. The van der Waals surface area contributed by atoms with Crippen LogP contribution in [-0.2, 0) is 6.61 Å². The van der Waals surface area contributed by atoms with Gasteiger partial charge in [0.15, 0.2) is 5.65 Å². The van der Waals surface area contributed by atoms with Gasteiger partial charge in [-0.1, -0.05) is 11.6 Å². The molecule has 8 heteroatoms. The Labute approximate surface area is 196 Å². The summed E-state index contributed by atoms with van der Waals surface area (Å²) in [4.78, 5) is 4.80. The second kappa shape index (κ2) is 8.60. The fraction of sp³-hybridized carbons (Fsp3) is 0.160. The van der Waals surface area contributed by atoms with E-state index in [0.717, 1.165) is 51.0 Å². The minimum Gasteiger partial charge on any atom is -0.496 e. The summed E-state index contributed by atoms with van der Waals surface area (Å²) in [5, 5.41) is 9.76. The van der Waals surface area contributed by atoms with Crippen molar-refractivity contribution in [2.75, 3.05) is 7.11 Å². The average molecular weight is 460 g/mol. The maximum absolute atomic E-state index is 5.99. The van der Waals surface area contributed by atoms with Gasteiger partial charge in [0, 0.05) is 34.7 Å². The van der Waals surface area contributed by atoms with Gasteiger partial charge < -0.3 is 9.47 Å². The summed E-state index contributed by atoms with van der Waals surface area (Å²) >= 11 is 5.98. The monoisotopic (exact) mass is 459 g/mol. The lowest BCUT2D eigenvalue weighted by molar-refractivity contribution is 0.297. The maximum Gasteiger partial charge on any atom is 0.163 e. The number of aromatic nitrogens is 5. The Balaban J connectivity index is 1.57. The fourth-order valence-corrected chi connectivity index (χ4v) is 4.00. The lowest BCUT2D eigenvalue weighted by Crippen LogP contribution is -2.06. The van der Waals surface area contributed by atoms with Crippen LogP contribution in [0.15, 0.2) is 67.0 Å². The van der Waals surface area contributed by atoms with Crippen LogP contribution in [0.3, 0.4) is 0 Å². The molecule has 0 spiro atoms. The zero-order valence-corrected chi connectivity index (χ0v) is 19.2. The average Bonchev–Trinajstić information content (AvgIpc) is 3.46. The summed E-state index contributed by atoms with van der Waals surface area (Å²) in [7, 11) is 1.66. The summed E-state index contributed by atoms with van der Waals surface area (Å²) in [6.07, 6.45) is 3.64. The number of ether oxygens (including phenoxy) is 2. The van der Waals surface area contributed by atoms with Crippen LogP contribution in [0.2, 0.25) is 5.02 Å². The van der Waals surface area contributed by atoms with Crippen LogP contribution in [0.4, 0.5) is 0 Å². The van der Waals surface area contributed by atoms with Crippen LogP contribution in [0.1, 0.15) is 17.1 Å². The third-order valence-electron chi connectivity index (χ3n) is 5.39. The van der Waals surface area contributed by atoms with Gasteiger partial charge in [-0.05, 0) is 62.4 Å². The molecule has 0 aliphatic carbocycles. The normalized spacial score (nSPS) is 11.2. The Morgan fingerprint density at radius 2 is 1.85 bits per heavy atom. The highest BCUT2D eigenvalue weighted by Gasteiger charge is 2.20. The molecule has 0 saturated heterocycles. The van der Waals surface area contributed by atoms with Crippen molar-refractivity contribution in [3.63, 3.8) is 0 Å². The molecule has 0 aliphatic heterocycles. The first-order valence-electron chi connectivity index (χ1n) is 10.5. The summed E-state index contributed by atoms with van der Waals surface area (Å²) in [6.45, 7) is 4.29. The van der Waals surface area contributed by atoms with Crippen molar-refractivity contribution < 1.29 is 9.47 Å². The molecular formula is C25H22ClN5O2. The predicted octanol–water partition coefficient (Wildman–Crippen LogP) is 5.44. The summed E-state index contributed by atoms with van der Waals surface area (Å²) in [5.41, 5.74) is 6.15. The third kappa shape index (κ3) is 4.03. The van der Waals surface area contributed by atoms with E-state index in [1.165, 1.54) is 0 Å². The van der Waals surface area contributed by atoms with Crippen LogP contribution < -0.4 is 9.47 Å². The molecule has 0 unspecified atom stereocenters. The summed E-state index contributed by atoms with van der Waals surface area (Å²) in [5.74, 6) is 1.46. The smallest absolute Gasteiger partial charge is 0.163 e. The molecule has 0 amide bonds. The topological polar surface area (TPSA) is 66.5 Å². The molecule has 166 valence electrons. The van der Waals surface area contributed by atoms with Gasteiger partial charge in [0.1, 0.15) is 18.1 Å². The van der Waals surface area contributed by atoms with Gasteiger partial charge in [-0.15, -0.1) is 0 Å². The molecule has 0 saturated carbocycles. The van der Waals surface area contributed by atoms with Crippen molar-refractivity contribution in [1.82, 2.24) is 24.4 Å². The van der Waals surface area contributed by atoms with E-state index >= 15 is 0 Å². The van der Waals surface area contributed by atoms with Crippen LogP contribution >= 0.6 is 11.6 Å². The summed E-state index contributed by atoms with van der Waals surface area (Å²) in [6, 6.07) is 17.2. The van der Waals surface area contributed by atoms with Gasteiger partial charge in [0.05, 0.1) is 29.7 Å². The van der Waals surface area contributed by atoms with E-state index < -0.39 is 0 Å². The Hall–Kier alpha value is -3.84. The van der Waals surface area contributed by atoms with Crippen LogP contribution in [0.25, 0.3) is 22.5 Å². The Morgan fingerprint density at radius 1 is 1.03 bits per heavy atom. The van der Waals surface area contributed by atoms with Crippen LogP contribution in [-0.4, -0.2) is 31.5 Å². The Morgan fingerprint density at radius 3 is 2.58 bits per heavy atom. The predicted molar refractivity (Wildman–Crippen MR) is 127 cm³/mol. The van der Waals surface area contributed by atoms with Crippen molar-refractivity contribution in [2.45, 2.75) is 20.5 Å². The standard InChI is InChI=1S/C25H22ClN5O2/c1-16-13-20(15-33-21-8-5-18(26)6-9-21)31-25(28-16)24(17(2)29-31)22-10-7-19(14-23(22)32-3)30-12-4-11-27-30/h4-14H,15H2,1-3H3. The molecule has 2 aromatic carbocycles. The number of aryl methyl sites for hydroxylation is 2. The van der Waals surface area contributed by atoms with E-state index in [1.54, 1.807) is 30.1 Å². The quantitative estimate of drug-likeness (QED) is 0.338. The number of hydrogen-bond acceptors (Lipinski definition) is 5. The van der Waals surface area contributed by atoms with Crippen molar-refractivity contribution in [2.24, 2.45) is 0 Å². The molecule has 0 fully saturated rings. The van der Waals surface area contributed by atoms with Crippen molar-refractivity contribution in [3.05, 3.63) is 89.1 Å². The molecule has 0 bridgehead atoms. The second-order valence-electron chi connectivity index (χ2n) is 7.66. The highest BCUT2D eigenvalue weighted by atomic mass is 35.5. The maximum atomic E-state index is 5.99. The molecule has 5 rings (SSSR count). The molecule has 5 aromatic rings. The number of halogens is 1. The van der Waals surface area contributed by atoms with E-state index in [1.807, 2.05) is 67.0 Å². The molecule has 3 heterocycles. The Kier molecular flexibility index (Phi) is 5.48. The number of nitrogens with zero attached hydrogens (tertiary/aromatic N) is 5. The van der Waals surface area contributed by atoms with E-state index in [2.05, 4.69) is 5.10 Å². The van der Waals surface area contributed by atoms with Crippen molar-refractivity contribution in [1.29, 1.82) is 0 Å². The van der Waals surface area contributed by atoms with Gasteiger partial charge in [0.25, 0.3) is 0 Å². The Bertz CT molecular complexity index is 1430. The van der Waals surface area contributed by atoms with E-state index in [4.69, 9.17) is 31.2 Å². The number of rotatable bonds is 6. The molecule has 7 nitrogen and oxygen atoms in total. The summed E-state index contributed by atoms with van der Waals surface area (Å²) < 4.78 is 15.4. The highest BCUT2D eigenvalue weighted by Crippen LogP contribution is 2.36. The van der Waals surface area contributed by atoms with Crippen LogP contribution in [0.5, 0.6) is 11.5 Å². The molecule has 3 aromatic heterocycles. The van der Waals surface area contributed by atoms with Crippen molar-refractivity contribution >= 4 is 17.2 Å². The van der Waals surface area contributed by atoms with Gasteiger partial charge >= 0.3 is 0 Å². The highest BCUT2D eigenvalue weighted by molar-refractivity contribution is 6.30. The zero-order chi connectivity index (χ0) is 22.9. The lowest BCUT2D eigenvalue weighted by atomic mass is 10.0. The lowest BCUT2D eigenvalue weighted by Gasteiger charge is -2.12. The molecular weight excluding hydrogens is 438 g/mol. The minimum atomic E-state index is 0.345. The third-order valence-corrected chi connectivity index (χ3v) is 5.64. The first-order chi connectivity index (χ1) is 16.0. The molecule has 0 aliphatic rings. The minimum absolute atomic E-state index is 0.345. The number of fused-ring (bicyclic) bond motifs is 1. The van der Waals surface area contributed by atoms with E-state index in [-0.39, 0.29) is 0 Å². The zero-order valence-electron chi connectivity index (χ0n) is 18.5. The number of hydrogen-bond donors (Lipinski definition) is 0. The van der Waals surface area contributed by atoms with Gasteiger partial charge in [-0.25, -0.2) is 14.2 Å². The largest absolute Gasteiger partial charge is 0.496 e. The van der Waals surface area contributed by atoms with Crippen LogP contribution in [0, 0.1) is 13.8 Å². The fourth-order valence-electron chi connectivity index (χ4n) is 3.88. The van der Waals surface area contributed by atoms with Gasteiger partial charge in [-0.2, -0.15) is 10.2 Å². The van der Waals surface area contributed by atoms with E-state index in [0.29, 0.717) is 11.6 Å².